The van der Waals surface area contributed by atoms with E-state index in [0.29, 0.717) is 32.8 Å². The molecule has 3 nitrogen and oxygen atoms in total. The molecule has 0 bridgehead atoms. The van der Waals surface area contributed by atoms with Crippen LogP contribution >= 0.6 is 0 Å². The van der Waals surface area contributed by atoms with Crippen molar-refractivity contribution in [3.8, 4) is 23.0 Å². The number of hydrogen-bond donors (Lipinski definition) is 0. The fourth-order valence-electron chi connectivity index (χ4n) is 2.72. The molecule has 4 rings (SSSR count). The van der Waals surface area contributed by atoms with Crippen LogP contribution < -0.4 is 9.47 Å². The molecule has 4 aromatic carbocycles. The lowest BCUT2D eigenvalue weighted by atomic mass is 10.3. The zero-order valence-corrected chi connectivity index (χ0v) is 15.8. The van der Waals surface area contributed by atoms with Crippen molar-refractivity contribution in [3.63, 3.8) is 0 Å². The summed E-state index contributed by atoms with van der Waals surface area (Å²) in [5.41, 5.74) is 0. The fraction of sp³-hybridized carbons (Fsp3) is 0. The van der Waals surface area contributed by atoms with Gasteiger partial charge in [-0.3, -0.25) is 0 Å². The summed E-state index contributed by atoms with van der Waals surface area (Å²) in [5.74, 6) is 2.50. The smallest absolute Gasteiger partial charge is 0.201 e. The van der Waals surface area contributed by atoms with Crippen molar-refractivity contribution < 1.29 is 14.0 Å². The van der Waals surface area contributed by atoms with E-state index in [1.54, 1.807) is 0 Å². The molecule has 138 valence electrons. The molecule has 0 aliphatic rings. The summed E-state index contributed by atoms with van der Waals surface area (Å²) in [6, 6.07) is 33.6. The first-order valence-corrected chi connectivity index (χ1v) is 10.0. The predicted octanol–water partition coefficient (Wildman–Crippen LogP) is 6.44. The van der Waals surface area contributed by atoms with Crippen molar-refractivity contribution in [2.75, 3.05) is 0 Å². The summed E-state index contributed by atoms with van der Waals surface area (Å²) >= 11 is -1.47. The third-order valence-electron chi connectivity index (χ3n) is 4.04. The third kappa shape index (κ3) is 4.19. The van der Waals surface area contributed by atoms with Gasteiger partial charge < -0.3 is 14.0 Å². The third-order valence-corrected chi connectivity index (χ3v) is 5.51. The molecular formula is C24H18O3S. The Balaban J connectivity index is 1.66. The van der Waals surface area contributed by atoms with Gasteiger partial charge in [-0.05, 0) is 48.5 Å². The molecule has 0 saturated heterocycles. The number of para-hydroxylation sites is 4. The quantitative estimate of drug-likeness (QED) is 0.358. The average molecular weight is 386 g/mol. The molecule has 4 aromatic rings. The summed E-state index contributed by atoms with van der Waals surface area (Å²) < 4.78 is 25.4. The van der Waals surface area contributed by atoms with Gasteiger partial charge in [0.15, 0.2) is 11.5 Å². The Hall–Kier alpha value is -3.21. The lowest BCUT2D eigenvalue weighted by molar-refractivity contribution is 0.461. The maximum Gasteiger partial charge on any atom is 0.201 e. The van der Waals surface area contributed by atoms with Crippen LogP contribution in [0.1, 0.15) is 0 Å². The second-order valence-corrected chi connectivity index (χ2v) is 7.41. The van der Waals surface area contributed by atoms with E-state index in [4.69, 9.17) is 9.47 Å². The van der Waals surface area contributed by atoms with Crippen LogP contribution in [0.3, 0.4) is 0 Å². The van der Waals surface area contributed by atoms with Crippen LogP contribution in [0.25, 0.3) is 0 Å². The van der Waals surface area contributed by atoms with E-state index in [9.17, 15) is 4.55 Å². The van der Waals surface area contributed by atoms with Crippen molar-refractivity contribution in [2.45, 2.75) is 9.79 Å². The summed E-state index contributed by atoms with van der Waals surface area (Å²) in [5, 5.41) is 0. The topological polar surface area (TPSA) is 41.5 Å². The van der Waals surface area contributed by atoms with Gasteiger partial charge in [0.2, 0.25) is 9.79 Å². The highest BCUT2D eigenvalue weighted by molar-refractivity contribution is 7.91. The van der Waals surface area contributed by atoms with E-state index in [2.05, 4.69) is 0 Å². The molecule has 0 aromatic heterocycles. The maximum absolute atomic E-state index is 13.4. The van der Waals surface area contributed by atoms with Crippen LogP contribution in [0.5, 0.6) is 23.0 Å². The van der Waals surface area contributed by atoms with E-state index in [-0.39, 0.29) is 0 Å². The van der Waals surface area contributed by atoms with Gasteiger partial charge in [-0.25, -0.2) is 0 Å². The highest BCUT2D eigenvalue weighted by atomic mass is 32.2. The second kappa shape index (κ2) is 8.65. The predicted molar refractivity (Wildman–Crippen MR) is 111 cm³/mol. The Morgan fingerprint density at radius 2 is 0.821 bits per heavy atom. The molecule has 0 fully saturated rings. The fourth-order valence-corrected chi connectivity index (χ4v) is 3.95. The summed E-state index contributed by atoms with van der Waals surface area (Å²) in [6.45, 7) is 0. The molecule has 0 unspecified atom stereocenters. The molecule has 0 spiro atoms. The number of ether oxygens (including phenoxy) is 2. The number of hydrogen-bond acceptors (Lipinski definition) is 3. The van der Waals surface area contributed by atoms with Crippen LogP contribution in [0, 0.1) is 0 Å². The van der Waals surface area contributed by atoms with E-state index in [0.717, 1.165) is 0 Å². The van der Waals surface area contributed by atoms with E-state index in [1.807, 2.05) is 109 Å². The lowest BCUT2D eigenvalue weighted by Crippen LogP contribution is -2.06. The van der Waals surface area contributed by atoms with Crippen molar-refractivity contribution in [1.82, 2.24) is 0 Å². The Bertz CT molecular complexity index is 951. The average Bonchev–Trinajstić information content (AvgIpc) is 2.76. The first kappa shape index (κ1) is 18.2. The van der Waals surface area contributed by atoms with E-state index >= 15 is 0 Å². The molecule has 0 atom stereocenters. The van der Waals surface area contributed by atoms with E-state index < -0.39 is 11.2 Å². The van der Waals surface area contributed by atoms with Crippen molar-refractivity contribution in [1.29, 1.82) is 0 Å². The van der Waals surface area contributed by atoms with Gasteiger partial charge in [0.1, 0.15) is 11.5 Å². The van der Waals surface area contributed by atoms with Gasteiger partial charge in [-0.2, -0.15) is 0 Å². The first-order valence-electron chi connectivity index (χ1n) is 8.87. The molecule has 0 N–H and O–H groups in total. The Morgan fingerprint density at radius 1 is 0.464 bits per heavy atom. The second-order valence-electron chi connectivity index (χ2n) is 5.99. The molecule has 28 heavy (non-hydrogen) atoms. The highest BCUT2D eigenvalue weighted by Gasteiger charge is 2.24. The summed E-state index contributed by atoms with van der Waals surface area (Å²) in [4.78, 5) is 1.19. The monoisotopic (exact) mass is 386 g/mol. The minimum atomic E-state index is -1.47. The van der Waals surface area contributed by atoms with Crippen LogP contribution in [0.4, 0.5) is 0 Å². The number of rotatable bonds is 6. The van der Waals surface area contributed by atoms with E-state index in [1.165, 1.54) is 0 Å². The molecule has 0 aliphatic carbocycles. The van der Waals surface area contributed by atoms with Crippen LogP contribution in [0.2, 0.25) is 0 Å². The van der Waals surface area contributed by atoms with Crippen molar-refractivity contribution in [3.05, 3.63) is 109 Å². The van der Waals surface area contributed by atoms with Crippen molar-refractivity contribution in [2.24, 2.45) is 0 Å². The van der Waals surface area contributed by atoms with Crippen LogP contribution in [-0.4, -0.2) is 4.55 Å². The maximum atomic E-state index is 13.4. The Labute approximate surface area is 167 Å². The molecule has 0 radical (unpaired) electrons. The Kier molecular flexibility index (Phi) is 5.61. The molecule has 4 heteroatoms. The van der Waals surface area contributed by atoms with Gasteiger partial charge in [0.05, 0.1) is 0 Å². The number of benzene rings is 4. The van der Waals surface area contributed by atoms with Crippen molar-refractivity contribution >= 4 is 11.2 Å². The zero-order valence-electron chi connectivity index (χ0n) is 15.0. The summed E-state index contributed by atoms with van der Waals surface area (Å²) in [7, 11) is 0. The standard InChI is InChI=1S/C24H18O3S/c25-28(23-17-9-7-15-21(23)26-19-11-3-1-4-12-19)24-18-10-8-16-22(24)27-20-13-5-2-6-14-20/h1-18H. The minimum absolute atomic E-state index is 0.557. The van der Waals surface area contributed by atoms with Crippen LogP contribution in [-0.2, 0) is 11.2 Å². The normalized spacial score (nSPS) is 10.6. The van der Waals surface area contributed by atoms with Gasteiger partial charge >= 0.3 is 0 Å². The van der Waals surface area contributed by atoms with Gasteiger partial charge in [0.25, 0.3) is 0 Å². The zero-order chi connectivity index (χ0) is 19.2. The molecule has 0 heterocycles. The SMILES string of the molecule is [O-][S+](c1ccccc1Oc1ccccc1)c1ccccc1Oc1ccccc1. The summed E-state index contributed by atoms with van der Waals surface area (Å²) in [6.07, 6.45) is 0. The van der Waals surface area contributed by atoms with Gasteiger partial charge in [0, 0.05) is 11.2 Å². The molecule has 0 saturated carbocycles. The van der Waals surface area contributed by atoms with Gasteiger partial charge in [-0.1, -0.05) is 60.7 Å². The Morgan fingerprint density at radius 3 is 1.25 bits per heavy atom. The van der Waals surface area contributed by atoms with Gasteiger partial charge in [-0.15, -0.1) is 0 Å². The molecular weight excluding hydrogens is 368 g/mol. The molecule has 0 amide bonds. The molecule has 0 aliphatic heterocycles. The first-order chi connectivity index (χ1) is 13.8. The highest BCUT2D eigenvalue weighted by Crippen LogP contribution is 2.37. The van der Waals surface area contributed by atoms with Crippen LogP contribution in [0.15, 0.2) is 119 Å². The lowest BCUT2D eigenvalue weighted by Gasteiger charge is -2.16. The largest absolute Gasteiger partial charge is 0.606 e. The minimum Gasteiger partial charge on any atom is -0.606 e.